The average Bonchev–Trinajstić information content (AvgIpc) is 2.62. The summed E-state index contributed by atoms with van der Waals surface area (Å²) in [5.41, 5.74) is 3.37. The second-order valence-electron chi connectivity index (χ2n) is 6.53. The minimum absolute atomic E-state index is 0.123. The van der Waals surface area contributed by atoms with Crippen LogP contribution in [0.2, 0.25) is 0 Å². The van der Waals surface area contributed by atoms with Gasteiger partial charge in [0.05, 0.1) is 0 Å². The summed E-state index contributed by atoms with van der Waals surface area (Å²) in [6.07, 6.45) is 0. The van der Waals surface area contributed by atoms with Crippen molar-refractivity contribution in [3.05, 3.63) is 64.1 Å². The van der Waals surface area contributed by atoms with Gasteiger partial charge in [0.25, 0.3) is 5.91 Å². The van der Waals surface area contributed by atoms with Crippen molar-refractivity contribution in [2.24, 2.45) is 0 Å². The van der Waals surface area contributed by atoms with Crippen LogP contribution < -0.4 is 4.90 Å². The van der Waals surface area contributed by atoms with Crippen molar-refractivity contribution in [1.82, 2.24) is 4.90 Å². The SMILES string of the molecule is CC(C)c1ccc(N2CCN(C(=O)c3ccc(Br)cc3)CC2)cc1. The van der Waals surface area contributed by atoms with Crippen LogP contribution in [-0.4, -0.2) is 37.0 Å². The molecule has 2 aromatic carbocycles. The summed E-state index contributed by atoms with van der Waals surface area (Å²) in [6.45, 7) is 7.71. The van der Waals surface area contributed by atoms with Crippen molar-refractivity contribution in [3.8, 4) is 0 Å². The Kier molecular flexibility index (Phi) is 5.24. The lowest BCUT2D eigenvalue weighted by molar-refractivity contribution is 0.0747. The summed E-state index contributed by atoms with van der Waals surface area (Å²) >= 11 is 3.41. The number of carbonyl (C=O) groups is 1. The molecule has 0 spiro atoms. The number of hydrogen-bond acceptors (Lipinski definition) is 2. The van der Waals surface area contributed by atoms with Gasteiger partial charge in [0.15, 0.2) is 0 Å². The van der Waals surface area contributed by atoms with Gasteiger partial charge in [-0.1, -0.05) is 41.9 Å². The molecule has 1 aliphatic rings. The first kappa shape index (κ1) is 17.0. The summed E-state index contributed by atoms with van der Waals surface area (Å²) < 4.78 is 0.994. The largest absolute Gasteiger partial charge is 0.368 e. The zero-order valence-corrected chi connectivity index (χ0v) is 15.8. The zero-order valence-electron chi connectivity index (χ0n) is 14.2. The third kappa shape index (κ3) is 3.81. The van der Waals surface area contributed by atoms with E-state index in [2.05, 4.69) is 58.9 Å². The van der Waals surface area contributed by atoms with Gasteiger partial charge in [0.1, 0.15) is 0 Å². The molecule has 1 amide bonds. The van der Waals surface area contributed by atoms with Crippen LogP contribution >= 0.6 is 15.9 Å². The van der Waals surface area contributed by atoms with Gasteiger partial charge in [-0.05, 0) is 47.9 Å². The predicted octanol–water partition coefficient (Wildman–Crippen LogP) is 4.53. The van der Waals surface area contributed by atoms with E-state index in [1.54, 1.807) is 0 Å². The standard InChI is InChI=1S/C20H23BrN2O/c1-15(2)16-5-9-19(10-6-16)22-11-13-23(14-12-22)20(24)17-3-7-18(21)8-4-17/h3-10,15H,11-14H2,1-2H3. The molecule has 2 aromatic rings. The van der Waals surface area contributed by atoms with Crippen LogP contribution in [0.3, 0.4) is 0 Å². The van der Waals surface area contributed by atoms with Crippen LogP contribution in [0.5, 0.6) is 0 Å². The molecule has 24 heavy (non-hydrogen) atoms. The number of piperazine rings is 1. The van der Waals surface area contributed by atoms with Crippen LogP contribution in [0.15, 0.2) is 53.0 Å². The second kappa shape index (κ2) is 7.39. The molecule has 0 bridgehead atoms. The van der Waals surface area contributed by atoms with E-state index in [0.717, 1.165) is 36.2 Å². The van der Waals surface area contributed by atoms with E-state index in [4.69, 9.17) is 0 Å². The number of carbonyl (C=O) groups excluding carboxylic acids is 1. The van der Waals surface area contributed by atoms with Gasteiger partial charge in [-0.3, -0.25) is 4.79 Å². The molecule has 0 unspecified atom stereocenters. The lowest BCUT2D eigenvalue weighted by Crippen LogP contribution is -2.48. The molecule has 4 heteroatoms. The predicted molar refractivity (Wildman–Crippen MR) is 103 cm³/mol. The van der Waals surface area contributed by atoms with Crippen molar-refractivity contribution >= 4 is 27.5 Å². The third-order valence-electron chi connectivity index (χ3n) is 4.58. The van der Waals surface area contributed by atoms with E-state index in [-0.39, 0.29) is 5.91 Å². The summed E-state index contributed by atoms with van der Waals surface area (Å²) in [4.78, 5) is 16.9. The Morgan fingerprint density at radius 3 is 2.04 bits per heavy atom. The van der Waals surface area contributed by atoms with Crippen molar-refractivity contribution in [3.63, 3.8) is 0 Å². The molecule has 0 N–H and O–H groups in total. The molecular formula is C20H23BrN2O. The Balaban J connectivity index is 1.61. The van der Waals surface area contributed by atoms with Gasteiger partial charge < -0.3 is 9.80 Å². The normalized spacial score (nSPS) is 15.0. The molecule has 1 heterocycles. The lowest BCUT2D eigenvalue weighted by atomic mass is 10.0. The molecule has 3 rings (SSSR count). The number of nitrogens with zero attached hydrogens (tertiary/aromatic N) is 2. The molecule has 1 fully saturated rings. The highest BCUT2D eigenvalue weighted by Gasteiger charge is 2.22. The van der Waals surface area contributed by atoms with Gasteiger partial charge in [0, 0.05) is 41.9 Å². The fourth-order valence-corrected chi connectivity index (χ4v) is 3.28. The quantitative estimate of drug-likeness (QED) is 0.772. The highest BCUT2D eigenvalue weighted by Crippen LogP contribution is 2.22. The number of anilines is 1. The van der Waals surface area contributed by atoms with E-state index < -0.39 is 0 Å². The molecular weight excluding hydrogens is 364 g/mol. The Morgan fingerprint density at radius 2 is 1.50 bits per heavy atom. The molecule has 0 atom stereocenters. The minimum atomic E-state index is 0.123. The molecule has 0 radical (unpaired) electrons. The van der Waals surface area contributed by atoms with Crippen molar-refractivity contribution in [2.45, 2.75) is 19.8 Å². The van der Waals surface area contributed by atoms with Crippen LogP contribution in [0.25, 0.3) is 0 Å². The maximum absolute atomic E-state index is 12.6. The number of halogens is 1. The first-order valence-electron chi connectivity index (χ1n) is 8.44. The smallest absolute Gasteiger partial charge is 0.253 e. The second-order valence-corrected chi connectivity index (χ2v) is 7.45. The van der Waals surface area contributed by atoms with Gasteiger partial charge in [0.2, 0.25) is 0 Å². The van der Waals surface area contributed by atoms with Gasteiger partial charge in [-0.25, -0.2) is 0 Å². The number of hydrogen-bond donors (Lipinski definition) is 0. The first-order valence-corrected chi connectivity index (χ1v) is 9.23. The minimum Gasteiger partial charge on any atom is -0.368 e. The van der Waals surface area contributed by atoms with Crippen LogP contribution in [0, 0.1) is 0 Å². The van der Waals surface area contributed by atoms with Gasteiger partial charge in [-0.15, -0.1) is 0 Å². The van der Waals surface area contributed by atoms with Crippen LogP contribution in [0.4, 0.5) is 5.69 Å². The molecule has 1 aliphatic heterocycles. The van der Waals surface area contributed by atoms with Crippen LogP contribution in [0.1, 0.15) is 35.7 Å². The van der Waals surface area contributed by atoms with Crippen molar-refractivity contribution < 1.29 is 4.79 Å². The zero-order chi connectivity index (χ0) is 17.1. The molecule has 0 saturated carbocycles. The number of benzene rings is 2. The Bertz CT molecular complexity index is 687. The highest BCUT2D eigenvalue weighted by molar-refractivity contribution is 9.10. The number of rotatable bonds is 3. The van der Waals surface area contributed by atoms with Gasteiger partial charge in [-0.2, -0.15) is 0 Å². The maximum atomic E-state index is 12.6. The molecule has 126 valence electrons. The molecule has 0 aliphatic carbocycles. The highest BCUT2D eigenvalue weighted by atomic mass is 79.9. The molecule has 3 nitrogen and oxygen atoms in total. The summed E-state index contributed by atoms with van der Waals surface area (Å²) in [5, 5.41) is 0. The van der Waals surface area contributed by atoms with E-state index >= 15 is 0 Å². The monoisotopic (exact) mass is 386 g/mol. The summed E-state index contributed by atoms with van der Waals surface area (Å²) in [5.74, 6) is 0.678. The van der Waals surface area contributed by atoms with Crippen LogP contribution in [-0.2, 0) is 0 Å². The fraction of sp³-hybridized carbons (Fsp3) is 0.350. The Morgan fingerprint density at radius 1 is 0.917 bits per heavy atom. The Labute approximate surface area is 152 Å². The average molecular weight is 387 g/mol. The van der Waals surface area contributed by atoms with E-state index in [1.165, 1.54) is 11.3 Å². The maximum Gasteiger partial charge on any atom is 0.253 e. The summed E-state index contributed by atoms with van der Waals surface area (Å²) in [6, 6.07) is 16.4. The van der Waals surface area contributed by atoms with E-state index in [1.807, 2.05) is 29.2 Å². The first-order chi connectivity index (χ1) is 11.5. The molecule has 1 saturated heterocycles. The van der Waals surface area contributed by atoms with E-state index in [0.29, 0.717) is 5.92 Å². The molecule has 0 aromatic heterocycles. The van der Waals surface area contributed by atoms with Crippen molar-refractivity contribution in [2.75, 3.05) is 31.1 Å². The Hall–Kier alpha value is -1.81. The topological polar surface area (TPSA) is 23.6 Å². The van der Waals surface area contributed by atoms with E-state index in [9.17, 15) is 4.79 Å². The number of amides is 1. The van der Waals surface area contributed by atoms with Gasteiger partial charge >= 0.3 is 0 Å². The fourth-order valence-electron chi connectivity index (χ4n) is 3.01. The third-order valence-corrected chi connectivity index (χ3v) is 5.11. The van der Waals surface area contributed by atoms with Crippen molar-refractivity contribution in [1.29, 1.82) is 0 Å². The lowest BCUT2D eigenvalue weighted by Gasteiger charge is -2.36. The summed E-state index contributed by atoms with van der Waals surface area (Å²) in [7, 11) is 0.